The second-order valence-corrected chi connectivity index (χ2v) is 4.72. The average molecular weight is 278 g/mol. The van der Waals surface area contributed by atoms with E-state index in [1.165, 1.54) is 0 Å². The van der Waals surface area contributed by atoms with Gasteiger partial charge in [-0.2, -0.15) is 0 Å². The molecule has 0 aromatic heterocycles. The van der Waals surface area contributed by atoms with Crippen molar-refractivity contribution in [2.45, 2.75) is 44.9 Å². The molecule has 0 aliphatic heterocycles. The molecule has 5 heteroatoms. The fourth-order valence-electron chi connectivity index (χ4n) is 1.90. The normalized spacial score (nSPS) is 10.1. The minimum absolute atomic E-state index is 0.0378. The van der Waals surface area contributed by atoms with Crippen molar-refractivity contribution >= 4 is 17.5 Å². The van der Waals surface area contributed by atoms with E-state index in [0.29, 0.717) is 12.8 Å². The highest BCUT2D eigenvalue weighted by Crippen LogP contribution is 2.09. The molecule has 3 N–H and O–H groups in total. The Hall–Kier alpha value is -1.88. The van der Waals surface area contributed by atoms with Gasteiger partial charge >= 0.3 is 0 Å². The molecule has 0 radical (unpaired) electrons. The number of hydrogen-bond donors (Lipinski definition) is 3. The first kappa shape index (κ1) is 16.2. The third-order valence-corrected chi connectivity index (χ3v) is 2.99. The largest absolute Gasteiger partial charge is 0.326 e. The zero-order valence-electron chi connectivity index (χ0n) is 11.6. The van der Waals surface area contributed by atoms with Crippen molar-refractivity contribution in [3.63, 3.8) is 0 Å². The van der Waals surface area contributed by atoms with E-state index in [2.05, 4.69) is 5.32 Å². The van der Waals surface area contributed by atoms with Crippen molar-refractivity contribution < 1.29 is 14.8 Å². The highest BCUT2D eigenvalue weighted by Gasteiger charge is 2.02. The summed E-state index contributed by atoms with van der Waals surface area (Å²) in [5.41, 5.74) is 2.44. The molecule has 0 atom stereocenters. The summed E-state index contributed by atoms with van der Waals surface area (Å²) < 4.78 is 0. The number of nitrogens with one attached hydrogen (secondary N) is 2. The van der Waals surface area contributed by atoms with E-state index >= 15 is 0 Å². The fourth-order valence-corrected chi connectivity index (χ4v) is 1.90. The molecule has 0 aliphatic rings. The number of anilines is 1. The van der Waals surface area contributed by atoms with Crippen LogP contribution in [0.5, 0.6) is 0 Å². The molecule has 0 unspecified atom stereocenters. The summed E-state index contributed by atoms with van der Waals surface area (Å²) in [5, 5.41) is 11.2. The number of carbonyl (C=O) groups is 2. The van der Waals surface area contributed by atoms with Crippen LogP contribution in [0.3, 0.4) is 0 Å². The maximum absolute atomic E-state index is 11.6. The summed E-state index contributed by atoms with van der Waals surface area (Å²) in [7, 11) is 0. The number of amides is 2. The number of hydrogen-bond acceptors (Lipinski definition) is 3. The van der Waals surface area contributed by atoms with Crippen LogP contribution in [-0.4, -0.2) is 17.0 Å². The molecule has 0 aliphatic carbocycles. The zero-order valence-corrected chi connectivity index (χ0v) is 11.6. The Morgan fingerprint density at radius 3 is 2.00 bits per heavy atom. The molecule has 1 aromatic rings. The third-order valence-electron chi connectivity index (χ3n) is 2.99. The predicted octanol–water partition coefficient (Wildman–Crippen LogP) is 2.86. The van der Waals surface area contributed by atoms with E-state index in [4.69, 9.17) is 5.21 Å². The van der Waals surface area contributed by atoms with Gasteiger partial charge in [0, 0.05) is 18.5 Å². The quantitative estimate of drug-likeness (QED) is 0.369. The van der Waals surface area contributed by atoms with Crippen LogP contribution >= 0.6 is 0 Å². The van der Waals surface area contributed by atoms with Crippen LogP contribution in [0.25, 0.3) is 0 Å². The first-order valence-corrected chi connectivity index (χ1v) is 7.00. The number of carbonyl (C=O) groups excluding carboxylic acids is 2. The van der Waals surface area contributed by atoms with E-state index in [0.717, 1.165) is 37.8 Å². The molecule has 1 aromatic carbocycles. The SMILES string of the molecule is O=C(CCCCCCCC(=O)Nc1ccccc1)NO. The van der Waals surface area contributed by atoms with Crippen molar-refractivity contribution in [3.05, 3.63) is 30.3 Å². The second-order valence-electron chi connectivity index (χ2n) is 4.72. The lowest BCUT2D eigenvalue weighted by atomic mass is 10.1. The molecule has 0 heterocycles. The lowest BCUT2D eigenvalue weighted by Gasteiger charge is -2.05. The van der Waals surface area contributed by atoms with Gasteiger partial charge in [0.05, 0.1) is 0 Å². The Kier molecular flexibility index (Phi) is 8.07. The standard InChI is InChI=1S/C15H22N2O3/c18-14(16-13-9-5-4-6-10-13)11-7-2-1-3-8-12-15(19)17-20/h4-6,9-10,20H,1-3,7-8,11-12H2,(H,16,18)(H,17,19). The van der Waals surface area contributed by atoms with E-state index in [-0.39, 0.29) is 11.8 Å². The Labute approximate surface area is 119 Å². The summed E-state index contributed by atoms with van der Waals surface area (Å²) in [6.07, 6.45) is 5.40. The second kappa shape index (κ2) is 9.97. The Bertz CT molecular complexity index is 407. The van der Waals surface area contributed by atoms with E-state index < -0.39 is 0 Å². The molecular formula is C15H22N2O3. The molecule has 2 amide bonds. The maximum atomic E-state index is 11.6. The monoisotopic (exact) mass is 278 g/mol. The lowest BCUT2D eigenvalue weighted by Crippen LogP contribution is -2.17. The number of benzene rings is 1. The van der Waals surface area contributed by atoms with Crippen LogP contribution in [-0.2, 0) is 9.59 Å². The molecule has 0 saturated carbocycles. The van der Waals surface area contributed by atoms with Crippen LogP contribution in [0, 0.1) is 0 Å². The van der Waals surface area contributed by atoms with Gasteiger partial charge in [-0.05, 0) is 25.0 Å². The Balaban J connectivity index is 1.98. The van der Waals surface area contributed by atoms with Crippen LogP contribution < -0.4 is 10.8 Å². The topological polar surface area (TPSA) is 78.4 Å². The maximum Gasteiger partial charge on any atom is 0.243 e. The summed E-state index contributed by atoms with van der Waals surface area (Å²) in [6.45, 7) is 0. The molecule has 0 saturated heterocycles. The zero-order chi connectivity index (χ0) is 14.6. The fraction of sp³-hybridized carbons (Fsp3) is 0.467. The third kappa shape index (κ3) is 7.53. The summed E-state index contributed by atoms with van der Waals surface area (Å²) in [6, 6.07) is 9.41. The van der Waals surface area contributed by atoms with Crippen molar-refractivity contribution in [1.29, 1.82) is 0 Å². The van der Waals surface area contributed by atoms with Crippen molar-refractivity contribution in [2.75, 3.05) is 5.32 Å². The average Bonchev–Trinajstić information content (AvgIpc) is 2.47. The van der Waals surface area contributed by atoms with Gasteiger partial charge in [-0.3, -0.25) is 14.8 Å². The van der Waals surface area contributed by atoms with Crippen LogP contribution in [0.15, 0.2) is 30.3 Å². The lowest BCUT2D eigenvalue weighted by molar-refractivity contribution is -0.129. The molecule has 0 bridgehead atoms. The smallest absolute Gasteiger partial charge is 0.243 e. The van der Waals surface area contributed by atoms with Crippen LogP contribution in [0.4, 0.5) is 5.69 Å². The van der Waals surface area contributed by atoms with E-state index in [1.807, 2.05) is 30.3 Å². The summed E-state index contributed by atoms with van der Waals surface area (Å²) >= 11 is 0. The highest BCUT2D eigenvalue weighted by molar-refractivity contribution is 5.90. The molecule has 110 valence electrons. The van der Waals surface area contributed by atoms with Gasteiger partial charge in [-0.1, -0.05) is 37.5 Å². The number of para-hydroxylation sites is 1. The number of rotatable bonds is 9. The first-order chi connectivity index (χ1) is 9.72. The van der Waals surface area contributed by atoms with Crippen LogP contribution in [0.2, 0.25) is 0 Å². The number of hydroxylamine groups is 1. The molecule has 0 fully saturated rings. The molecule has 5 nitrogen and oxygen atoms in total. The molecule has 1 rings (SSSR count). The minimum atomic E-state index is -0.341. The van der Waals surface area contributed by atoms with E-state index in [1.54, 1.807) is 5.48 Å². The molecule has 20 heavy (non-hydrogen) atoms. The van der Waals surface area contributed by atoms with Crippen molar-refractivity contribution in [1.82, 2.24) is 5.48 Å². The van der Waals surface area contributed by atoms with Gasteiger partial charge in [0.1, 0.15) is 0 Å². The van der Waals surface area contributed by atoms with Gasteiger partial charge in [0.15, 0.2) is 0 Å². The summed E-state index contributed by atoms with van der Waals surface area (Å²) in [4.78, 5) is 22.4. The van der Waals surface area contributed by atoms with E-state index in [9.17, 15) is 9.59 Å². The molecule has 0 spiro atoms. The van der Waals surface area contributed by atoms with Gasteiger partial charge in [0.25, 0.3) is 0 Å². The van der Waals surface area contributed by atoms with Crippen molar-refractivity contribution in [3.8, 4) is 0 Å². The van der Waals surface area contributed by atoms with Gasteiger partial charge in [0.2, 0.25) is 11.8 Å². The van der Waals surface area contributed by atoms with Gasteiger partial charge in [-0.15, -0.1) is 0 Å². The summed E-state index contributed by atoms with van der Waals surface area (Å²) in [5.74, 6) is -0.303. The minimum Gasteiger partial charge on any atom is -0.326 e. The predicted molar refractivity (Wildman–Crippen MR) is 77.3 cm³/mol. The van der Waals surface area contributed by atoms with Gasteiger partial charge < -0.3 is 5.32 Å². The highest BCUT2D eigenvalue weighted by atomic mass is 16.5. The Morgan fingerprint density at radius 2 is 1.40 bits per heavy atom. The first-order valence-electron chi connectivity index (χ1n) is 7.00. The molecular weight excluding hydrogens is 256 g/mol. The Morgan fingerprint density at radius 1 is 0.850 bits per heavy atom. The van der Waals surface area contributed by atoms with Gasteiger partial charge in [-0.25, -0.2) is 5.48 Å². The van der Waals surface area contributed by atoms with Crippen LogP contribution in [0.1, 0.15) is 44.9 Å². The number of unbranched alkanes of at least 4 members (excludes halogenated alkanes) is 4. The van der Waals surface area contributed by atoms with Crippen molar-refractivity contribution in [2.24, 2.45) is 0 Å².